The Labute approximate surface area is 119 Å². The molecule has 0 saturated carbocycles. The lowest BCUT2D eigenvalue weighted by molar-refractivity contribution is -0.00280. The molecule has 0 aliphatic carbocycles. The van der Waals surface area contributed by atoms with Crippen molar-refractivity contribution in [3.63, 3.8) is 0 Å². The number of hydrogen-bond donors (Lipinski definition) is 1. The van der Waals surface area contributed by atoms with E-state index in [2.05, 4.69) is 11.9 Å². The summed E-state index contributed by atoms with van der Waals surface area (Å²) in [6.45, 7) is 4.30. The molecule has 1 atom stereocenters. The van der Waals surface area contributed by atoms with E-state index in [0.717, 1.165) is 12.1 Å². The minimum atomic E-state index is 0. The number of rotatable bonds is 3. The molecule has 1 fully saturated rings. The van der Waals surface area contributed by atoms with Gasteiger partial charge in [0, 0.05) is 24.8 Å². The van der Waals surface area contributed by atoms with Crippen LogP contribution in [0.4, 0.5) is 0 Å². The van der Waals surface area contributed by atoms with E-state index >= 15 is 0 Å². The number of nitrogens with two attached hydrogens (primary N) is 1. The van der Waals surface area contributed by atoms with E-state index in [-0.39, 0.29) is 24.4 Å². The largest absolute Gasteiger partial charge is 0.377 e. The monoisotopic (exact) mass is 285 g/mol. The average molecular weight is 286 g/mol. The van der Waals surface area contributed by atoms with E-state index in [4.69, 9.17) is 10.5 Å². The maximum Gasteiger partial charge on any atom is 0.254 e. The zero-order valence-corrected chi connectivity index (χ0v) is 11.9. The molecule has 2 rings (SSSR count). The van der Waals surface area contributed by atoms with Gasteiger partial charge in [0.25, 0.3) is 5.91 Å². The van der Waals surface area contributed by atoms with Crippen molar-refractivity contribution in [2.45, 2.75) is 25.9 Å². The maximum absolute atomic E-state index is 12.4. The van der Waals surface area contributed by atoms with Gasteiger partial charge in [-0.1, -0.05) is 6.92 Å². The fourth-order valence-corrected chi connectivity index (χ4v) is 2.15. The molecule has 19 heavy (non-hydrogen) atoms. The quantitative estimate of drug-likeness (QED) is 0.906. The molecule has 1 aromatic rings. The van der Waals surface area contributed by atoms with Crippen molar-refractivity contribution in [1.82, 2.24) is 9.88 Å². The number of pyridine rings is 1. The first-order chi connectivity index (χ1) is 8.76. The molecule has 106 valence electrons. The Kier molecular flexibility index (Phi) is 6.21. The van der Waals surface area contributed by atoms with Crippen molar-refractivity contribution in [2.24, 2.45) is 5.73 Å². The topological polar surface area (TPSA) is 68.5 Å². The molecule has 1 aliphatic rings. The van der Waals surface area contributed by atoms with Gasteiger partial charge < -0.3 is 15.4 Å². The van der Waals surface area contributed by atoms with Crippen molar-refractivity contribution >= 4 is 18.3 Å². The molecule has 6 heteroatoms. The molecule has 0 aromatic carbocycles. The summed E-state index contributed by atoms with van der Waals surface area (Å²) < 4.78 is 5.41. The number of hydrogen-bond acceptors (Lipinski definition) is 4. The summed E-state index contributed by atoms with van der Waals surface area (Å²) in [5.41, 5.74) is 6.94. The van der Waals surface area contributed by atoms with Crippen LogP contribution in [0.25, 0.3) is 0 Å². The number of halogens is 1. The van der Waals surface area contributed by atoms with E-state index in [0.29, 0.717) is 31.9 Å². The van der Waals surface area contributed by atoms with Crippen molar-refractivity contribution in [1.29, 1.82) is 0 Å². The highest BCUT2D eigenvalue weighted by Gasteiger charge is 2.26. The van der Waals surface area contributed by atoms with Gasteiger partial charge in [-0.05, 0) is 18.6 Å². The van der Waals surface area contributed by atoms with Crippen molar-refractivity contribution in [3.8, 4) is 0 Å². The van der Waals surface area contributed by atoms with Crippen LogP contribution in [0.1, 0.15) is 29.4 Å². The molecule has 0 spiro atoms. The minimum Gasteiger partial charge on any atom is -0.377 e. The van der Waals surface area contributed by atoms with Crippen LogP contribution in [-0.4, -0.2) is 41.6 Å². The van der Waals surface area contributed by atoms with Crippen LogP contribution in [0.15, 0.2) is 18.3 Å². The zero-order valence-electron chi connectivity index (χ0n) is 11.0. The fraction of sp³-hybridized carbons (Fsp3) is 0.538. The molecule has 1 aliphatic heterocycles. The van der Waals surface area contributed by atoms with Gasteiger partial charge >= 0.3 is 0 Å². The zero-order chi connectivity index (χ0) is 13.0. The first-order valence-corrected chi connectivity index (χ1v) is 6.30. The normalized spacial score (nSPS) is 18.8. The number of morpholine rings is 1. The summed E-state index contributed by atoms with van der Waals surface area (Å²) in [5, 5.41) is 0. The lowest BCUT2D eigenvalue weighted by Gasteiger charge is -2.35. The maximum atomic E-state index is 12.4. The second kappa shape index (κ2) is 7.43. The third-order valence-electron chi connectivity index (χ3n) is 3.23. The van der Waals surface area contributed by atoms with Crippen molar-refractivity contribution < 1.29 is 9.53 Å². The molecule has 1 amide bonds. The number of ether oxygens (including phenoxy) is 1. The Morgan fingerprint density at radius 1 is 1.63 bits per heavy atom. The molecule has 0 radical (unpaired) electrons. The van der Waals surface area contributed by atoms with Crippen LogP contribution in [0.3, 0.4) is 0 Å². The van der Waals surface area contributed by atoms with E-state index in [9.17, 15) is 4.79 Å². The number of carbonyl (C=O) groups excluding carboxylic acids is 1. The van der Waals surface area contributed by atoms with Gasteiger partial charge in [0.05, 0.1) is 24.9 Å². The Balaban J connectivity index is 0.00000180. The third-order valence-corrected chi connectivity index (χ3v) is 3.23. The third kappa shape index (κ3) is 3.65. The highest BCUT2D eigenvalue weighted by Crippen LogP contribution is 2.15. The van der Waals surface area contributed by atoms with Crippen molar-refractivity contribution in [2.75, 3.05) is 19.8 Å². The molecule has 2 N–H and O–H groups in total. The lowest BCUT2D eigenvalue weighted by atomic mass is 10.1. The first-order valence-electron chi connectivity index (χ1n) is 6.30. The summed E-state index contributed by atoms with van der Waals surface area (Å²) in [6, 6.07) is 3.68. The lowest BCUT2D eigenvalue weighted by Crippen LogP contribution is -2.48. The van der Waals surface area contributed by atoms with E-state index < -0.39 is 0 Å². The van der Waals surface area contributed by atoms with Gasteiger partial charge in [0.1, 0.15) is 0 Å². The van der Waals surface area contributed by atoms with Crippen LogP contribution >= 0.6 is 12.4 Å². The second-order valence-electron chi connectivity index (χ2n) is 4.38. The Bertz CT molecular complexity index is 428. The molecule has 2 heterocycles. The number of nitrogens with zero attached hydrogens (tertiary/aromatic N) is 2. The molecule has 1 aromatic heterocycles. The minimum absolute atomic E-state index is 0. The number of aromatic nitrogens is 1. The van der Waals surface area contributed by atoms with Crippen LogP contribution in [0.5, 0.6) is 0 Å². The summed E-state index contributed by atoms with van der Waals surface area (Å²) in [4.78, 5) is 18.4. The second-order valence-corrected chi connectivity index (χ2v) is 4.38. The predicted octanol–water partition coefficient (Wildman–Crippen LogP) is 1.21. The van der Waals surface area contributed by atoms with Crippen LogP contribution in [0, 0.1) is 0 Å². The standard InChI is InChI=1S/C13H19N3O2.ClH/c1-2-12-9-18-6-5-16(12)13(17)10-3-4-15-11(7-10)8-14;/h3-4,7,12H,2,5-6,8-9,14H2,1H3;1H. The van der Waals surface area contributed by atoms with E-state index in [1.807, 2.05) is 4.90 Å². The predicted molar refractivity (Wildman–Crippen MR) is 75.3 cm³/mol. The number of carbonyl (C=O) groups is 1. The van der Waals surface area contributed by atoms with Crippen LogP contribution in [-0.2, 0) is 11.3 Å². The summed E-state index contributed by atoms with van der Waals surface area (Å²) in [7, 11) is 0. The van der Waals surface area contributed by atoms with Gasteiger partial charge in [0.2, 0.25) is 0 Å². The first kappa shape index (κ1) is 15.9. The smallest absolute Gasteiger partial charge is 0.254 e. The average Bonchev–Trinajstić information content (AvgIpc) is 2.46. The highest BCUT2D eigenvalue weighted by atomic mass is 35.5. The van der Waals surface area contributed by atoms with Gasteiger partial charge in [-0.15, -0.1) is 12.4 Å². The van der Waals surface area contributed by atoms with Gasteiger partial charge in [-0.25, -0.2) is 0 Å². The summed E-state index contributed by atoms with van der Waals surface area (Å²) >= 11 is 0. The molecule has 0 bridgehead atoms. The van der Waals surface area contributed by atoms with Crippen LogP contribution in [0.2, 0.25) is 0 Å². The van der Waals surface area contributed by atoms with E-state index in [1.165, 1.54) is 0 Å². The van der Waals surface area contributed by atoms with Gasteiger partial charge in [-0.2, -0.15) is 0 Å². The molecule has 1 unspecified atom stereocenters. The molecular formula is C13H20ClN3O2. The SMILES string of the molecule is CCC1COCCN1C(=O)c1ccnc(CN)c1.Cl. The highest BCUT2D eigenvalue weighted by molar-refractivity contribution is 5.94. The van der Waals surface area contributed by atoms with E-state index in [1.54, 1.807) is 18.3 Å². The summed E-state index contributed by atoms with van der Waals surface area (Å²) in [6.07, 6.45) is 2.54. The van der Waals surface area contributed by atoms with Gasteiger partial charge in [0.15, 0.2) is 0 Å². The molecule has 5 nitrogen and oxygen atoms in total. The molecular weight excluding hydrogens is 266 g/mol. The number of amides is 1. The van der Waals surface area contributed by atoms with Gasteiger partial charge in [-0.3, -0.25) is 9.78 Å². The van der Waals surface area contributed by atoms with Crippen LogP contribution < -0.4 is 5.73 Å². The summed E-state index contributed by atoms with van der Waals surface area (Å²) in [5.74, 6) is 0.0438. The Morgan fingerprint density at radius 2 is 2.42 bits per heavy atom. The Morgan fingerprint density at radius 3 is 3.11 bits per heavy atom. The fourth-order valence-electron chi connectivity index (χ4n) is 2.15. The Hall–Kier alpha value is -1.17. The molecule has 1 saturated heterocycles. The van der Waals surface area contributed by atoms with Crippen molar-refractivity contribution in [3.05, 3.63) is 29.6 Å².